The van der Waals surface area contributed by atoms with Gasteiger partial charge in [0, 0.05) is 15.2 Å². The molecule has 1 aliphatic rings. The maximum Gasteiger partial charge on any atom is 0.414 e. The number of amides is 1. The molecule has 4 rings (SSSR count). The second kappa shape index (κ2) is 8.24. The first-order chi connectivity index (χ1) is 14.0. The molecule has 3 aromatic rings. The van der Waals surface area contributed by atoms with Gasteiger partial charge in [-0.1, -0.05) is 54.6 Å². The number of rotatable bonds is 5. The molecule has 0 radical (unpaired) electrons. The third kappa shape index (κ3) is 3.98. The Kier molecular flexibility index (Phi) is 5.53. The van der Waals surface area contributed by atoms with Crippen LogP contribution in [0.15, 0.2) is 72.8 Å². The molecule has 1 aliphatic carbocycles. The van der Waals surface area contributed by atoms with Crippen molar-refractivity contribution in [3.63, 3.8) is 0 Å². The van der Waals surface area contributed by atoms with E-state index in [2.05, 4.69) is 34.7 Å². The number of carbonyl (C=O) groups is 2. The van der Waals surface area contributed by atoms with E-state index in [1.807, 2.05) is 42.5 Å². The van der Waals surface area contributed by atoms with E-state index in [0.717, 1.165) is 30.7 Å². The molecule has 6 heteroatoms. The molecule has 0 saturated heterocycles. The lowest BCUT2D eigenvalue weighted by Crippen LogP contribution is -2.36. The van der Waals surface area contributed by atoms with Gasteiger partial charge in [-0.25, -0.2) is 4.79 Å². The Morgan fingerprint density at radius 3 is 2.14 bits per heavy atom. The van der Waals surface area contributed by atoms with Gasteiger partial charge in [0.25, 0.3) is 0 Å². The summed E-state index contributed by atoms with van der Waals surface area (Å²) in [7, 11) is 0. The Morgan fingerprint density at radius 2 is 1.55 bits per heavy atom. The van der Waals surface area contributed by atoms with Crippen LogP contribution in [0.5, 0.6) is 0 Å². The molecule has 0 spiro atoms. The van der Waals surface area contributed by atoms with E-state index < -0.39 is 18.6 Å². The molecule has 29 heavy (non-hydrogen) atoms. The highest BCUT2D eigenvalue weighted by Gasteiger charge is 2.30. The van der Waals surface area contributed by atoms with Crippen molar-refractivity contribution in [3.8, 4) is 11.1 Å². The number of ether oxygens (including phenoxy) is 1. The zero-order valence-corrected chi connectivity index (χ0v) is 17.6. The molecule has 0 unspecified atom stereocenters. The molecule has 3 aromatic carbocycles. The lowest BCUT2D eigenvalue weighted by molar-refractivity contribution is -0.135. The van der Waals surface area contributed by atoms with Crippen LogP contribution in [0.1, 0.15) is 17.0 Å². The fraction of sp³-hybridized carbons (Fsp3) is 0.130. The molecule has 0 saturated carbocycles. The molecule has 0 heterocycles. The number of benzene rings is 3. The van der Waals surface area contributed by atoms with Crippen molar-refractivity contribution in [1.82, 2.24) is 0 Å². The minimum absolute atomic E-state index is 0.0751. The molecule has 5 nitrogen and oxygen atoms in total. The summed E-state index contributed by atoms with van der Waals surface area (Å²) in [6, 6.07) is 23.3. The van der Waals surface area contributed by atoms with E-state index in [4.69, 9.17) is 4.74 Å². The molecule has 0 atom stereocenters. The quantitative estimate of drug-likeness (QED) is 0.495. The number of carboxylic acids is 1. The van der Waals surface area contributed by atoms with Crippen LogP contribution in [0.3, 0.4) is 0 Å². The van der Waals surface area contributed by atoms with Crippen molar-refractivity contribution in [2.45, 2.75) is 5.92 Å². The summed E-state index contributed by atoms with van der Waals surface area (Å²) in [5, 5.41) is 9.25. The predicted molar refractivity (Wildman–Crippen MR) is 119 cm³/mol. The average Bonchev–Trinajstić information content (AvgIpc) is 3.04. The smallest absolute Gasteiger partial charge is 0.414 e. The van der Waals surface area contributed by atoms with Gasteiger partial charge in [0.1, 0.15) is 13.2 Å². The number of nitrogens with zero attached hydrogens (tertiary/aromatic N) is 1. The van der Waals surface area contributed by atoms with Gasteiger partial charge < -0.3 is 9.84 Å². The fourth-order valence-corrected chi connectivity index (χ4v) is 4.24. The highest BCUT2D eigenvalue weighted by atomic mass is 127. The SMILES string of the molecule is O=C(O)CN(C(=O)OCC1c2ccccc2-c2ccccc21)c1cccc(I)c1. The molecule has 0 bridgehead atoms. The molecule has 146 valence electrons. The standard InChI is InChI=1S/C23H18INO4/c24-15-6-5-7-16(12-15)25(13-22(26)27)23(28)29-14-21-19-10-3-1-8-17(19)18-9-2-4-11-20(18)21/h1-12,21H,13-14H2,(H,26,27). The predicted octanol–water partition coefficient (Wildman–Crippen LogP) is 5.13. The van der Waals surface area contributed by atoms with E-state index in [0.29, 0.717) is 5.69 Å². The van der Waals surface area contributed by atoms with Crippen molar-refractivity contribution in [1.29, 1.82) is 0 Å². The summed E-state index contributed by atoms with van der Waals surface area (Å²) in [5.74, 6) is -1.17. The Labute approximate surface area is 182 Å². The van der Waals surface area contributed by atoms with Gasteiger partial charge in [0.05, 0.1) is 0 Å². The van der Waals surface area contributed by atoms with E-state index in [9.17, 15) is 14.7 Å². The number of hydrogen-bond donors (Lipinski definition) is 1. The highest BCUT2D eigenvalue weighted by molar-refractivity contribution is 14.1. The van der Waals surface area contributed by atoms with Crippen LogP contribution in [0, 0.1) is 3.57 Å². The summed E-state index contributed by atoms with van der Waals surface area (Å²) in [5.41, 5.74) is 5.01. The van der Waals surface area contributed by atoms with Crippen LogP contribution in [0.25, 0.3) is 11.1 Å². The normalized spacial score (nSPS) is 12.2. The molecule has 0 aromatic heterocycles. The summed E-state index contributed by atoms with van der Waals surface area (Å²) >= 11 is 2.12. The second-order valence-electron chi connectivity index (χ2n) is 6.76. The monoisotopic (exact) mass is 499 g/mol. The summed E-state index contributed by atoms with van der Waals surface area (Å²) < 4.78 is 6.52. The average molecular weight is 499 g/mol. The minimum atomic E-state index is -1.10. The number of aliphatic carboxylic acids is 1. The van der Waals surface area contributed by atoms with E-state index >= 15 is 0 Å². The van der Waals surface area contributed by atoms with Crippen molar-refractivity contribution in [3.05, 3.63) is 87.5 Å². The first-order valence-electron chi connectivity index (χ1n) is 9.14. The molecular weight excluding hydrogens is 481 g/mol. The third-order valence-corrected chi connectivity index (χ3v) is 5.64. The van der Waals surface area contributed by atoms with Gasteiger partial charge in [-0.3, -0.25) is 9.69 Å². The van der Waals surface area contributed by atoms with Crippen molar-refractivity contribution in [2.24, 2.45) is 0 Å². The van der Waals surface area contributed by atoms with Crippen LogP contribution in [0.4, 0.5) is 10.5 Å². The Morgan fingerprint density at radius 1 is 0.931 bits per heavy atom. The van der Waals surface area contributed by atoms with Gasteiger partial charge in [-0.2, -0.15) is 0 Å². The number of carbonyl (C=O) groups excluding carboxylic acids is 1. The van der Waals surface area contributed by atoms with Crippen LogP contribution in [-0.4, -0.2) is 30.3 Å². The van der Waals surface area contributed by atoms with Crippen LogP contribution in [-0.2, 0) is 9.53 Å². The highest BCUT2D eigenvalue weighted by Crippen LogP contribution is 2.44. The van der Waals surface area contributed by atoms with Crippen LogP contribution >= 0.6 is 22.6 Å². The van der Waals surface area contributed by atoms with E-state index in [1.165, 1.54) is 0 Å². The number of carboxylic acid groups (broad SMARTS) is 1. The number of hydrogen-bond acceptors (Lipinski definition) is 3. The zero-order valence-electron chi connectivity index (χ0n) is 15.4. The van der Waals surface area contributed by atoms with Crippen LogP contribution < -0.4 is 4.90 Å². The molecular formula is C23H18INO4. The lowest BCUT2D eigenvalue weighted by Gasteiger charge is -2.22. The van der Waals surface area contributed by atoms with Crippen molar-refractivity contribution >= 4 is 40.3 Å². The fourth-order valence-electron chi connectivity index (χ4n) is 3.71. The van der Waals surface area contributed by atoms with Crippen molar-refractivity contribution < 1.29 is 19.4 Å². The molecule has 1 N–H and O–H groups in total. The minimum Gasteiger partial charge on any atom is -0.480 e. The molecule has 0 fully saturated rings. The Balaban J connectivity index is 1.57. The Hall–Kier alpha value is -2.87. The lowest BCUT2D eigenvalue weighted by atomic mass is 9.98. The summed E-state index contributed by atoms with van der Waals surface area (Å²) in [6.45, 7) is -0.316. The van der Waals surface area contributed by atoms with Crippen LogP contribution in [0.2, 0.25) is 0 Å². The van der Waals surface area contributed by atoms with Gasteiger partial charge in [-0.15, -0.1) is 0 Å². The van der Waals surface area contributed by atoms with Gasteiger partial charge >= 0.3 is 12.1 Å². The van der Waals surface area contributed by atoms with Gasteiger partial charge in [-0.05, 0) is 63.0 Å². The first kappa shape index (κ1) is 19.4. The molecule has 1 amide bonds. The number of halogens is 1. The maximum atomic E-state index is 12.8. The maximum absolute atomic E-state index is 12.8. The number of fused-ring (bicyclic) bond motifs is 3. The first-order valence-corrected chi connectivity index (χ1v) is 10.2. The third-order valence-electron chi connectivity index (χ3n) is 4.97. The second-order valence-corrected chi connectivity index (χ2v) is 8.01. The zero-order chi connectivity index (χ0) is 20.4. The van der Waals surface area contributed by atoms with E-state index in [-0.39, 0.29) is 12.5 Å². The van der Waals surface area contributed by atoms with Gasteiger partial charge in [0.15, 0.2) is 0 Å². The topological polar surface area (TPSA) is 66.8 Å². The van der Waals surface area contributed by atoms with Gasteiger partial charge in [0.2, 0.25) is 0 Å². The molecule has 0 aliphatic heterocycles. The largest absolute Gasteiger partial charge is 0.480 e. The summed E-state index contributed by atoms with van der Waals surface area (Å²) in [6.07, 6.45) is -0.670. The van der Waals surface area contributed by atoms with E-state index in [1.54, 1.807) is 18.2 Å². The number of anilines is 1. The van der Waals surface area contributed by atoms with Crippen molar-refractivity contribution in [2.75, 3.05) is 18.1 Å². The summed E-state index contributed by atoms with van der Waals surface area (Å²) in [4.78, 5) is 25.3. The Bertz CT molecular complexity index is 1040.